The van der Waals surface area contributed by atoms with Crippen molar-refractivity contribution in [1.82, 2.24) is 0 Å². The summed E-state index contributed by atoms with van der Waals surface area (Å²) in [6, 6.07) is 9.73. The fourth-order valence-electron chi connectivity index (χ4n) is 1.75. The second-order valence-corrected chi connectivity index (χ2v) is 4.45. The first-order valence-electron chi connectivity index (χ1n) is 6.67. The lowest BCUT2D eigenvalue weighted by atomic mass is 10.2. The third-order valence-electron chi connectivity index (χ3n) is 2.80. The standard InChI is InChI=1S/C16H18FNO3/c1-3-7-20-15-10-16(14(18)9-13(15)17)21-12-6-4-5-11(8-12)19-2/h4-6,8-10H,3,7,18H2,1-2H3. The lowest BCUT2D eigenvalue weighted by Crippen LogP contribution is -2.00. The van der Waals surface area contributed by atoms with Gasteiger partial charge in [0.2, 0.25) is 0 Å². The molecular formula is C16H18FNO3. The largest absolute Gasteiger partial charge is 0.497 e. The minimum atomic E-state index is -0.501. The van der Waals surface area contributed by atoms with Crippen molar-refractivity contribution in [3.63, 3.8) is 0 Å². The van der Waals surface area contributed by atoms with Gasteiger partial charge in [-0.2, -0.15) is 0 Å². The Kier molecular flexibility index (Phi) is 4.87. The molecule has 2 N–H and O–H groups in total. The molecule has 21 heavy (non-hydrogen) atoms. The number of rotatable bonds is 6. The average Bonchev–Trinajstić information content (AvgIpc) is 2.49. The summed E-state index contributed by atoms with van der Waals surface area (Å²) in [6.07, 6.45) is 0.788. The van der Waals surface area contributed by atoms with Gasteiger partial charge in [0.25, 0.3) is 0 Å². The van der Waals surface area contributed by atoms with Gasteiger partial charge in [0.05, 0.1) is 19.4 Å². The molecule has 0 aliphatic heterocycles. The van der Waals surface area contributed by atoms with Crippen molar-refractivity contribution < 1.29 is 18.6 Å². The van der Waals surface area contributed by atoms with Gasteiger partial charge in [0.15, 0.2) is 17.3 Å². The number of nitrogens with two attached hydrogens (primary N) is 1. The van der Waals surface area contributed by atoms with Crippen LogP contribution >= 0.6 is 0 Å². The van der Waals surface area contributed by atoms with Crippen LogP contribution < -0.4 is 19.9 Å². The van der Waals surface area contributed by atoms with Crippen LogP contribution in [0.1, 0.15) is 13.3 Å². The van der Waals surface area contributed by atoms with Crippen molar-refractivity contribution in [2.75, 3.05) is 19.5 Å². The molecule has 2 rings (SSSR count). The predicted molar refractivity (Wildman–Crippen MR) is 79.7 cm³/mol. The maximum absolute atomic E-state index is 13.7. The maximum atomic E-state index is 13.7. The molecule has 0 radical (unpaired) electrons. The number of hydrogen-bond acceptors (Lipinski definition) is 4. The van der Waals surface area contributed by atoms with Crippen LogP contribution in [0.5, 0.6) is 23.0 Å². The first-order valence-corrected chi connectivity index (χ1v) is 6.67. The number of methoxy groups -OCH3 is 1. The summed E-state index contributed by atoms with van der Waals surface area (Å²) in [4.78, 5) is 0. The summed E-state index contributed by atoms with van der Waals surface area (Å²) >= 11 is 0. The Labute approximate surface area is 123 Å². The molecule has 0 unspecified atom stereocenters. The summed E-state index contributed by atoms with van der Waals surface area (Å²) in [5.41, 5.74) is 5.99. The van der Waals surface area contributed by atoms with E-state index in [9.17, 15) is 4.39 Å². The van der Waals surface area contributed by atoms with Gasteiger partial charge in [-0.25, -0.2) is 4.39 Å². The molecule has 0 amide bonds. The summed E-state index contributed by atoms with van der Waals surface area (Å²) in [6.45, 7) is 2.38. The number of halogens is 1. The molecule has 2 aromatic carbocycles. The van der Waals surface area contributed by atoms with Crippen LogP contribution in [-0.4, -0.2) is 13.7 Å². The normalized spacial score (nSPS) is 10.2. The van der Waals surface area contributed by atoms with Crippen molar-refractivity contribution in [3.8, 4) is 23.0 Å². The molecule has 0 bridgehead atoms. The summed E-state index contributed by atoms with van der Waals surface area (Å²) in [5, 5.41) is 0. The molecule has 5 heteroatoms. The van der Waals surface area contributed by atoms with Crippen LogP contribution in [0.4, 0.5) is 10.1 Å². The lowest BCUT2D eigenvalue weighted by Gasteiger charge is -2.12. The number of anilines is 1. The molecule has 0 aromatic heterocycles. The SMILES string of the molecule is CCCOc1cc(Oc2cccc(OC)c2)c(N)cc1F. The quantitative estimate of drug-likeness (QED) is 0.817. The fraction of sp³-hybridized carbons (Fsp3) is 0.250. The minimum Gasteiger partial charge on any atom is -0.497 e. The van der Waals surface area contributed by atoms with Gasteiger partial charge in [0, 0.05) is 18.2 Å². The van der Waals surface area contributed by atoms with E-state index in [1.807, 2.05) is 6.92 Å². The molecule has 0 heterocycles. The smallest absolute Gasteiger partial charge is 0.167 e. The molecular weight excluding hydrogens is 273 g/mol. The monoisotopic (exact) mass is 291 g/mol. The Hall–Kier alpha value is -2.43. The average molecular weight is 291 g/mol. The van der Waals surface area contributed by atoms with Gasteiger partial charge in [-0.1, -0.05) is 13.0 Å². The van der Waals surface area contributed by atoms with Crippen LogP contribution in [-0.2, 0) is 0 Å². The first-order chi connectivity index (χ1) is 10.1. The van der Waals surface area contributed by atoms with E-state index < -0.39 is 5.82 Å². The third kappa shape index (κ3) is 3.78. The van der Waals surface area contributed by atoms with E-state index >= 15 is 0 Å². The van der Waals surface area contributed by atoms with Crippen LogP contribution in [0.15, 0.2) is 36.4 Å². The summed E-state index contributed by atoms with van der Waals surface area (Å²) < 4.78 is 29.9. The van der Waals surface area contributed by atoms with Crippen LogP contribution in [0.3, 0.4) is 0 Å². The summed E-state index contributed by atoms with van der Waals surface area (Å²) in [7, 11) is 1.57. The highest BCUT2D eigenvalue weighted by molar-refractivity contribution is 5.57. The zero-order valence-electron chi connectivity index (χ0n) is 12.1. The van der Waals surface area contributed by atoms with Crippen LogP contribution in [0, 0.1) is 5.82 Å². The van der Waals surface area contributed by atoms with Crippen LogP contribution in [0.25, 0.3) is 0 Å². The second-order valence-electron chi connectivity index (χ2n) is 4.45. The number of benzene rings is 2. The van der Waals surface area contributed by atoms with E-state index in [2.05, 4.69) is 0 Å². The molecule has 0 saturated carbocycles. The van der Waals surface area contributed by atoms with Gasteiger partial charge in [-0.05, 0) is 18.6 Å². The van der Waals surface area contributed by atoms with E-state index in [0.29, 0.717) is 23.9 Å². The first kappa shape index (κ1) is 15.0. The zero-order chi connectivity index (χ0) is 15.2. The lowest BCUT2D eigenvalue weighted by molar-refractivity contribution is 0.299. The van der Waals surface area contributed by atoms with Gasteiger partial charge in [0.1, 0.15) is 11.5 Å². The zero-order valence-corrected chi connectivity index (χ0v) is 12.1. The number of ether oxygens (including phenoxy) is 3. The molecule has 4 nitrogen and oxygen atoms in total. The Morgan fingerprint density at radius 2 is 1.86 bits per heavy atom. The summed E-state index contributed by atoms with van der Waals surface area (Å²) in [5.74, 6) is 1.18. The minimum absolute atomic E-state index is 0.129. The van der Waals surface area contributed by atoms with Crippen molar-refractivity contribution >= 4 is 5.69 Å². The third-order valence-corrected chi connectivity index (χ3v) is 2.80. The van der Waals surface area contributed by atoms with E-state index in [0.717, 1.165) is 6.42 Å². The Morgan fingerprint density at radius 3 is 2.57 bits per heavy atom. The molecule has 112 valence electrons. The van der Waals surface area contributed by atoms with Crippen molar-refractivity contribution in [1.29, 1.82) is 0 Å². The fourth-order valence-corrected chi connectivity index (χ4v) is 1.75. The van der Waals surface area contributed by atoms with Gasteiger partial charge in [-0.3, -0.25) is 0 Å². The second kappa shape index (κ2) is 6.83. The topological polar surface area (TPSA) is 53.7 Å². The molecule has 0 aliphatic carbocycles. The van der Waals surface area contributed by atoms with Crippen molar-refractivity contribution in [2.45, 2.75) is 13.3 Å². The molecule has 0 aliphatic rings. The molecule has 0 saturated heterocycles. The van der Waals surface area contributed by atoms with Gasteiger partial charge < -0.3 is 19.9 Å². The van der Waals surface area contributed by atoms with Crippen molar-refractivity contribution in [3.05, 3.63) is 42.2 Å². The van der Waals surface area contributed by atoms with Gasteiger partial charge >= 0.3 is 0 Å². The highest BCUT2D eigenvalue weighted by atomic mass is 19.1. The van der Waals surface area contributed by atoms with E-state index in [-0.39, 0.29) is 11.4 Å². The number of nitrogen functional groups attached to an aromatic ring is 1. The van der Waals surface area contributed by atoms with Crippen LogP contribution in [0.2, 0.25) is 0 Å². The Morgan fingerprint density at radius 1 is 1.10 bits per heavy atom. The van der Waals surface area contributed by atoms with Gasteiger partial charge in [-0.15, -0.1) is 0 Å². The Bertz CT molecular complexity index is 616. The van der Waals surface area contributed by atoms with E-state index in [1.165, 1.54) is 12.1 Å². The Balaban J connectivity index is 2.25. The van der Waals surface area contributed by atoms with E-state index in [1.54, 1.807) is 31.4 Å². The molecule has 2 aromatic rings. The highest BCUT2D eigenvalue weighted by Gasteiger charge is 2.11. The van der Waals surface area contributed by atoms with E-state index in [4.69, 9.17) is 19.9 Å². The molecule has 0 atom stereocenters. The van der Waals surface area contributed by atoms with Crippen molar-refractivity contribution in [2.24, 2.45) is 0 Å². The number of hydrogen-bond donors (Lipinski definition) is 1. The predicted octanol–water partition coefficient (Wildman–Crippen LogP) is 4.00. The maximum Gasteiger partial charge on any atom is 0.167 e. The highest BCUT2D eigenvalue weighted by Crippen LogP contribution is 2.34. The molecule has 0 spiro atoms. The molecule has 0 fully saturated rings.